The van der Waals surface area contributed by atoms with E-state index in [9.17, 15) is 28.6 Å². The van der Waals surface area contributed by atoms with Gasteiger partial charge < -0.3 is 15.1 Å². The molecule has 12 heteroatoms. The summed E-state index contributed by atoms with van der Waals surface area (Å²) in [5, 5.41) is 30.9. The molecule has 5 rings (SSSR count). The zero-order valence-electron chi connectivity index (χ0n) is 19.7. The lowest BCUT2D eigenvalue weighted by atomic mass is 9.80. The maximum atomic E-state index is 14.1. The number of carbonyl (C=O) groups is 1. The van der Waals surface area contributed by atoms with Crippen LogP contribution in [0.1, 0.15) is 46.7 Å². The van der Waals surface area contributed by atoms with E-state index >= 15 is 0 Å². The predicted octanol–water partition coefficient (Wildman–Crippen LogP) is 2.47. The Balaban J connectivity index is 1.53. The molecule has 1 aromatic carbocycles. The highest BCUT2D eigenvalue weighted by molar-refractivity contribution is 7.14. The summed E-state index contributed by atoms with van der Waals surface area (Å²) in [6, 6.07) is 3.27. The third-order valence-electron chi connectivity index (χ3n) is 7.44. The molecular formula is C24H25F2N5O4S. The second-order valence-electron chi connectivity index (χ2n) is 9.32. The number of amides is 1. The van der Waals surface area contributed by atoms with Crippen LogP contribution in [0.2, 0.25) is 0 Å². The van der Waals surface area contributed by atoms with E-state index in [1.807, 2.05) is 5.01 Å². The molecule has 2 aromatic heterocycles. The summed E-state index contributed by atoms with van der Waals surface area (Å²) in [5.41, 5.74) is -1.28. The van der Waals surface area contributed by atoms with Gasteiger partial charge in [0.05, 0.1) is 5.56 Å². The number of aliphatic hydroxyl groups is 1. The number of nitrogens with zero attached hydrogens (tertiary/aromatic N) is 5. The third kappa shape index (κ3) is 3.75. The van der Waals surface area contributed by atoms with E-state index in [4.69, 9.17) is 0 Å². The van der Waals surface area contributed by atoms with Crippen molar-refractivity contribution in [2.24, 2.45) is 5.92 Å². The van der Waals surface area contributed by atoms with Gasteiger partial charge in [0.2, 0.25) is 5.43 Å². The fraction of sp³-hybridized carbons (Fsp3) is 0.417. The summed E-state index contributed by atoms with van der Waals surface area (Å²) in [5.74, 6) is -2.38. The molecule has 0 unspecified atom stereocenters. The van der Waals surface area contributed by atoms with Gasteiger partial charge in [-0.25, -0.2) is 8.78 Å². The zero-order valence-corrected chi connectivity index (χ0v) is 20.6. The summed E-state index contributed by atoms with van der Waals surface area (Å²) < 4.78 is 28.8. The van der Waals surface area contributed by atoms with Gasteiger partial charge in [-0.1, -0.05) is 17.4 Å². The Morgan fingerprint density at radius 3 is 2.56 bits per heavy atom. The Labute approximate surface area is 209 Å². The lowest BCUT2D eigenvalue weighted by Gasteiger charge is -2.55. The quantitative estimate of drug-likeness (QED) is 0.547. The molecule has 1 aliphatic carbocycles. The van der Waals surface area contributed by atoms with Gasteiger partial charge in [-0.05, 0) is 43.2 Å². The normalized spacial score (nSPS) is 21.8. The van der Waals surface area contributed by atoms with Crippen molar-refractivity contribution in [3.05, 3.63) is 62.5 Å². The van der Waals surface area contributed by atoms with E-state index in [0.717, 1.165) is 36.3 Å². The van der Waals surface area contributed by atoms with Crippen molar-refractivity contribution < 1.29 is 23.8 Å². The van der Waals surface area contributed by atoms with E-state index < -0.39 is 34.4 Å². The summed E-state index contributed by atoms with van der Waals surface area (Å²) in [6.07, 6.45) is 4.22. The number of hydrogen-bond donors (Lipinski definition) is 2. The molecule has 3 aromatic rings. The molecule has 3 heterocycles. The molecule has 1 saturated carbocycles. The van der Waals surface area contributed by atoms with E-state index in [0.29, 0.717) is 17.8 Å². The van der Waals surface area contributed by atoms with Crippen LogP contribution in [0, 0.1) is 17.6 Å². The minimum Gasteiger partial charge on any atom is -0.502 e. The van der Waals surface area contributed by atoms with Crippen molar-refractivity contribution in [1.82, 2.24) is 19.8 Å². The van der Waals surface area contributed by atoms with Crippen molar-refractivity contribution >= 4 is 17.2 Å². The van der Waals surface area contributed by atoms with Crippen molar-refractivity contribution in [3.63, 3.8) is 0 Å². The number of aromatic nitrogens is 3. The average molecular weight is 518 g/mol. The molecule has 1 aliphatic heterocycles. The fourth-order valence-electron chi connectivity index (χ4n) is 5.19. The van der Waals surface area contributed by atoms with E-state index in [2.05, 4.69) is 10.2 Å². The smallest absolute Gasteiger partial charge is 0.278 e. The largest absolute Gasteiger partial charge is 0.502 e. The van der Waals surface area contributed by atoms with Gasteiger partial charge in [-0.3, -0.25) is 19.3 Å². The molecule has 0 atom stereocenters. The Hall–Kier alpha value is -3.38. The van der Waals surface area contributed by atoms with Crippen LogP contribution in [0.4, 0.5) is 8.78 Å². The molecule has 190 valence electrons. The summed E-state index contributed by atoms with van der Waals surface area (Å²) in [6.45, 7) is 0.0901. The topological polar surface area (TPSA) is 112 Å². The highest BCUT2D eigenvalue weighted by Gasteiger charge is 2.49. The second kappa shape index (κ2) is 8.93. The van der Waals surface area contributed by atoms with Gasteiger partial charge >= 0.3 is 0 Å². The van der Waals surface area contributed by atoms with Crippen molar-refractivity contribution in [1.29, 1.82) is 0 Å². The van der Waals surface area contributed by atoms with Crippen molar-refractivity contribution in [2.75, 3.05) is 25.7 Å². The number of benzene rings is 1. The van der Waals surface area contributed by atoms with E-state index in [1.54, 1.807) is 19.0 Å². The summed E-state index contributed by atoms with van der Waals surface area (Å²) in [4.78, 5) is 27.9. The van der Waals surface area contributed by atoms with Crippen LogP contribution in [-0.4, -0.2) is 62.3 Å². The van der Waals surface area contributed by atoms with E-state index in [1.165, 1.54) is 16.9 Å². The molecule has 1 spiro atoms. The first-order chi connectivity index (χ1) is 17.2. The molecule has 9 nitrogen and oxygen atoms in total. The van der Waals surface area contributed by atoms with Gasteiger partial charge in [-0.15, -0.1) is 10.2 Å². The highest BCUT2D eigenvalue weighted by Crippen LogP contribution is 2.41. The predicted molar refractivity (Wildman–Crippen MR) is 128 cm³/mol. The Bertz CT molecular complexity index is 1400. The molecule has 36 heavy (non-hydrogen) atoms. The van der Waals surface area contributed by atoms with Gasteiger partial charge in [0, 0.05) is 39.4 Å². The molecule has 2 aliphatic rings. The molecular weight excluding hydrogens is 492 g/mol. The fourth-order valence-corrected chi connectivity index (χ4v) is 6.06. The maximum Gasteiger partial charge on any atom is 0.278 e. The minimum absolute atomic E-state index is 0.0559. The van der Waals surface area contributed by atoms with Crippen LogP contribution < -0.4 is 10.4 Å². The Morgan fingerprint density at radius 2 is 1.89 bits per heavy atom. The minimum atomic E-state index is -0.757. The van der Waals surface area contributed by atoms with Crippen LogP contribution in [0.5, 0.6) is 5.75 Å². The number of aliphatic hydroxyl groups excluding tert-OH is 1. The van der Waals surface area contributed by atoms with Crippen LogP contribution in [0.3, 0.4) is 0 Å². The number of rotatable bonds is 4. The lowest BCUT2D eigenvalue weighted by molar-refractivity contribution is 0.0120. The number of fused-ring (bicyclic) bond motifs is 1. The van der Waals surface area contributed by atoms with Gasteiger partial charge in [0.15, 0.2) is 16.5 Å². The highest BCUT2D eigenvalue weighted by atomic mass is 32.1. The first-order valence-electron chi connectivity index (χ1n) is 11.5. The standard InChI is InChI=1S/C24H25F2N5O4S/c1-29-23(35)19-21(34)20(33)16(11-31(19)30(2)24(29)7-5-13(12-32)6-8-24)22-28-27-18(36-22)9-14-3-4-15(25)10-17(14)26/h3-4,10-11,13,32,34H,5-9,12H2,1-2H3. The van der Waals surface area contributed by atoms with Gasteiger partial charge in [0.1, 0.15) is 22.3 Å². The molecule has 2 N–H and O–H groups in total. The van der Waals surface area contributed by atoms with Crippen LogP contribution in [-0.2, 0) is 6.42 Å². The molecule has 1 fully saturated rings. The number of hydrogen-bond acceptors (Lipinski definition) is 8. The molecule has 0 saturated heterocycles. The Kier molecular flexibility index (Phi) is 6.03. The third-order valence-corrected chi connectivity index (χ3v) is 8.40. The van der Waals surface area contributed by atoms with E-state index in [-0.39, 0.29) is 40.8 Å². The SMILES string of the molecule is CN1C(=O)c2c(O)c(=O)c(-c3nnc(Cc4ccc(F)cc4F)s3)cn2N(C)C12CCC(CO)CC2. The number of carbonyl (C=O) groups excluding carboxylic acids is 1. The molecule has 1 amide bonds. The first-order valence-corrected chi connectivity index (χ1v) is 12.4. The monoisotopic (exact) mass is 517 g/mol. The summed E-state index contributed by atoms with van der Waals surface area (Å²) >= 11 is 1.05. The first kappa shape index (κ1) is 24.3. The number of halogens is 2. The van der Waals surface area contributed by atoms with Crippen molar-refractivity contribution in [2.45, 2.75) is 37.8 Å². The zero-order chi connectivity index (χ0) is 25.8. The van der Waals surface area contributed by atoms with Crippen LogP contribution in [0.15, 0.2) is 29.2 Å². The van der Waals surface area contributed by atoms with Crippen LogP contribution in [0.25, 0.3) is 10.6 Å². The van der Waals surface area contributed by atoms with Crippen LogP contribution >= 0.6 is 11.3 Å². The maximum absolute atomic E-state index is 14.1. The second-order valence-corrected chi connectivity index (χ2v) is 10.4. The van der Waals surface area contributed by atoms with Gasteiger partial charge in [0.25, 0.3) is 5.91 Å². The van der Waals surface area contributed by atoms with Gasteiger partial charge in [-0.2, -0.15) is 0 Å². The van der Waals surface area contributed by atoms with Crippen molar-refractivity contribution in [3.8, 4) is 16.3 Å². The molecule has 0 radical (unpaired) electrons. The Morgan fingerprint density at radius 1 is 1.17 bits per heavy atom. The average Bonchev–Trinajstić information content (AvgIpc) is 3.33. The lowest BCUT2D eigenvalue weighted by Crippen LogP contribution is -2.69. The molecule has 0 bridgehead atoms. The summed E-state index contributed by atoms with van der Waals surface area (Å²) in [7, 11) is 3.45. The number of aromatic hydroxyl groups is 1. The number of pyridine rings is 1.